The van der Waals surface area contributed by atoms with E-state index in [9.17, 15) is 0 Å². The lowest BCUT2D eigenvalue weighted by Gasteiger charge is -2.07. The topological polar surface area (TPSA) is 40.5 Å². The van der Waals surface area contributed by atoms with Crippen LogP contribution in [0.1, 0.15) is 18.1 Å². The zero-order valence-corrected chi connectivity index (χ0v) is 9.13. The zero-order chi connectivity index (χ0) is 10.4. The number of aliphatic hydroxyl groups excluding tert-OH is 2. The molecule has 0 aromatic heterocycles. The van der Waals surface area contributed by atoms with Crippen molar-refractivity contribution in [1.29, 1.82) is 0 Å². The van der Waals surface area contributed by atoms with Crippen molar-refractivity contribution < 1.29 is 10.2 Å². The summed E-state index contributed by atoms with van der Waals surface area (Å²) in [6.07, 6.45) is 0. The Kier molecular flexibility index (Phi) is 5.01. The maximum absolute atomic E-state index is 8.85. The predicted octanol–water partition coefficient (Wildman–Crippen LogP) is 1.79. The Morgan fingerprint density at radius 3 is 2.21 bits per heavy atom. The number of aliphatic hydroxyl groups is 2. The summed E-state index contributed by atoms with van der Waals surface area (Å²) < 4.78 is 0. The second kappa shape index (κ2) is 6.06. The van der Waals surface area contributed by atoms with Crippen LogP contribution in [0.25, 0.3) is 0 Å². The molecule has 1 unspecified atom stereocenters. The van der Waals surface area contributed by atoms with Crippen LogP contribution in [-0.4, -0.2) is 22.1 Å². The van der Waals surface area contributed by atoms with Crippen molar-refractivity contribution in [3.05, 3.63) is 35.4 Å². The fourth-order valence-corrected chi connectivity index (χ4v) is 1.81. The molecular weight excluding hydrogens is 196 g/mol. The van der Waals surface area contributed by atoms with Gasteiger partial charge in [0.25, 0.3) is 0 Å². The van der Waals surface area contributed by atoms with Crippen molar-refractivity contribution in [3.8, 4) is 0 Å². The molecule has 0 spiro atoms. The van der Waals surface area contributed by atoms with Gasteiger partial charge in [-0.2, -0.15) is 11.8 Å². The lowest BCUT2D eigenvalue weighted by Crippen LogP contribution is -2.02. The van der Waals surface area contributed by atoms with E-state index < -0.39 is 0 Å². The normalized spacial score (nSPS) is 12.8. The van der Waals surface area contributed by atoms with Gasteiger partial charge < -0.3 is 10.2 Å². The zero-order valence-electron chi connectivity index (χ0n) is 8.31. The number of thioether (sulfide) groups is 1. The van der Waals surface area contributed by atoms with Crippen LogP contribution >= 0.6 is 11.8 Å². The van der Waals surface area contributed by atoms with Crippen LogP contribution in [-0.2, 0) is 12.4 Å². The Labute approximate surface area is 89.0 Å². The van der Waals surface area contributed by atoms with E-state index in [0.717, 1.165) is 11.3 Å². The highest BCUT2D eigenvalue weighted by molar-refractivity contribution is 7.99. The van der Waals surface area contributed by atoms with Gasteiger partial charge in [-0.25, -0.2) is 0 Å². The molecule has 2 nitrogen and oxygen atoms in total. The molecule has 0 radical (unpaired) electrons. The van der Waals surface area contributed by atoms with E-state index in [2.05, 4.69) is 0 Å². The van der Waals surface area contributed by atoms with Crippen molar-refractivity contribution in [2.45, 2.75) is 24.5 Å². The molecular formula is C11H16O2S. The molecule has 2 N–H and O–H groups in total. The van der Waals surface area contributed by atoms with Crippen molar-refractivity contribution in [2.24, 2.45) is 0 Å². The summed E-state index contributed by atoms with van der Waals surface area (Å²) >= 11 is 1.73. The first kappa shape index (κ1) is 11.6. The van der Waals surface area contributed by atoms with Gasteiger partial charge in [0.15, 0.2) is 0 Å². The van der Waals surface area contributed by atoms with Gasteiger partial charge in [0.1, 0.15) is 0 Å². The molecule has 78 valence electrons. The summed E-state index contributed by atoms with van der Waals surface area (Å²) in [7, 11) is 0. The van der Waals surface area contributed by atoms with E-state index in [1.54, 1.807) is 11.8 Å². The highest BCUT2D eigenvalue weighted by Crippen LogP contribution is 2.17. The third-order valence-corrected chi connectivity index (χ3v) is 3.22. The molecule has 0 saturated heterocycles. The monoisotopic (exact) mass is 212 g/mol. The average Bonchev–Trinajstić information content (AvgIpc) is 2.26. The lowest BCUT2D eigenvalue weighted by atomic mass is 10.2. The van der Waals surface area contributed by atoms with E-state index in [1.165, 1.54) is 5.56 Å². The first-order valence-corrected chi connectivity index (χ1v) is 5.72. The van der Waals surface area contributed by atoms with Gasteiger partial charge in [0.05, 0.1) is 13.2 Å². The van der Waals surface area contributed by atoms with Crippen LogP contribution in [0.3, 0.4) is 0 Å². The van der Waals surface area contributed by atoms with Crippen molar-refractivity contribution in [1.82, 2.24) is 0 Å². The van der Waals surface area contributed by atoms with Crippen molar-refractivity contribution >= 4 is 11.8 Å². The summed E-state index contributed by atoms with van der Waals surface area (Å²) in [5.41, 5.74) is 2.17. The summed E-state index contributed by atoms with van der Waals surface area (Å²) in [5.74, 6) is 0.910. The van der Waals surface area contributed by atoms with E-state index in [4.69, 9.17) is 10.2 Å². The fraction of sp³-hybridized carbons (Fsp3) is 0.455. The van der Waals surface area contributed by atoms with Crippen LogP contribution in [0.15, 0.2) is 24.3 Å². The Balaban J connectivity index is 2.43. The Bertz CT molecular complexity index is 258. The molecule has 1 aromatic carbocycles. The summed E-state index contributed by atoms with van der Waals surface area (Å²) in [4.78, 5) is 0. The van der Waals surface area contributed by atoms with Crippen LogP contribution in [0, 0.1) is 0 Å². The van der Waals surface area contributed by atoms with E-state index in [1.807, 2.05) is 31.2 Å². The number of hydrogen-bond donors (Lipinski definition) is 2. The third kappa shape index (κ3) is 3.70. The first-order valence-electron chi connectivity index (χ1n) is 4.67. The molecule has 0 aliphatic rings. The molecule has 1 rings (SSSR count). The molecule has 0 amide bonds. The van der Waals surface area contributed by atoms with Crippen LogP contribution in [0.5, 0.6) is 0 Å². The molecule has 0 saturated carbocycles. The molecule has 3 heteroatoms. The Morgan fingerprint density at radius 1 is 1.14 bits per heavy atom. The van der Waals surface area contributed by atoms with E-state index in [-0.39, 0.29) is 18.5 Å². The average molecular weight is 212 g/mol. The summed E-state index contributed by atoms with van der Waals surface area (Å²) in [6, 6.07) is 7.89. The minimum atomic E-state index is 0.0977. The number of rotatable bonds is 5. The standard InChI is InChI=1S/C11H16O2S/c1-9(6-12)14-8-11-4-2-10(7-13)3-5-11/h2-5,9,12-13H,6-8H2,1H3. The smallest absolute Gasteiger partial charge is 0.0681 e. The van der Waals surface area contributed by atoms with Gasteiger partial charge in [-0.05, 0) is 11.1 Å². The van der Waals surface area contributed by atoms with Gasteiger partial charge in [-0.15, -0.1) is 0 Å². The summed E-state index contributed by atoms with van der Waals surface area (Å²) in [5, 5.41) is 18.0. The Morgan fingerprint density at radius 2 is 1.71 bits per heavy atom. The lowest BCUT2D eigenvalue weighted by molar-refractivity contribution is 0.282. The molecule has 1 atom stereocenters. The molecule has 1 aromatic rings. The molecule has 14 heavy (non-hydrogen) atoms. The second-order valence-electron chi connectivity index (χ2n) is 3.28. The minimum Gasteiger partial charge on any atom is -0.395 e. The molecule has 0 bridgehead atoms. The second-order valence-corrected chi connectivity index (χ2v) is 4.71. The predicted molar refractivity (Wildman–Crippen MR) is 60.2 cm³/mol. The van der Waals surface area contributed by atoms with Gasteiger partial charge in [0, 0.05) is 11.0 Å². The molecule has 0 aliphatic carbocycles. The molecule has 0 fully saturated rings. The molecule has 0 aliphatic heterocycles. The third-order valence-electron chi connectivity index (χ3n) is 2.00. The quantitative estimate of drug-likeness (QED) is 0.782. The summed E-state index contributed by atoms with van der Waals surface area (Å²) in [6.45, 7) is 2.33. The number of benzene rings is 1. The van der Waals surface area contributed by atoms with Crippen molar-refractivity contribution in [2.75, 3.05) is 6.61 Å². The van der Waals surface area contributed by atoms with Gasteiger partial charge in [-0.1, -0.05) is 31.2 Å². The number of hydrogen-bond acceptors (Lipinski definition) is 3. The Hall–Kier alpha value is -0.510. The molecule has 0 heterocycles. The van der Waals surface area contributed by atoms with Crippen LogP contribution < -0.4 is 0 Å². The highest BCUT2D eigenvalue weighted by Gasteiger charge is 2.00. The minimum absolute atomic E-state index is 0.0977. The van der Waals surface area contributed by atoms with Gasteiger partial charge in [-0.3, -0.25) is 0 Å². The van der Waals surface area contributed by atoms with Gasteiger partial charge >= 0.3 is 0 Å². The highest BCUT2D eigenvalue weighted by atomic mass is 32.2. The van der Waals surface area contributed by atoms with Crippen molar-refractivity contribution in [3.63, 3.8) is 0 Å². The van der Waals surface area contributed by atoms with E-state index >= 15 is 0 Å². The first-order chi connectivity index (χ1) is 6.76. The van der Waals surface area contributed by atoms with Gasteiger partial charge in [0.2, 0.25) is 0 Å². The maximum atomic E-state index is 8.85. The fourth-order valence-electron chi connectivity index (χ4n) is 1.03. The van der Waals surface area contributed by atoms with E-state index in [0.29, 0.717) is 0 Å². The SMILES string of the molecule is CC(CO)SCc1ccc(CO)cc1. The largest absolute Gasteiger partial charge is 0.395 e. The van der Waals surface area contributed by atoms with Crippen LogP contribution in [0.2, 0.25) is 0 Å². The van der Waals surface area contributed by atoms with Crippen LogP contribution in [0.4, 0.5) is 0 Å². The maximum Gasteiger partial charge on any atom is 0.0681 e.